The Morgan fingerprint density at radius 1 is 0.690 bits per heavy atom. The molecule has 1 unspecified atom stereocenters. The first kappa shape index (κ1) is 22.0. The van der Waals surface area contributed by atoms with Gasteiger partial charge in [-0.25, -0.2) is 0 Å². The van der Waals surface area contributed by atoms with Crippen molar-refractivity contribution in [1.82, 2.24) is 0 Å². The number of rotatable bonds is 4. The Bertz CT molecular complexity index is 1200. The quantitative estimate of drug-likeness (QED) is 0.311. The molecule has 0 bridgehead atoms. The van der Waals surface area contributed by atoms with Gasteiger partial charge in [-0.05, 0) is 41.5 Å². The molecule has 0 aliphatic rings. The van der Waals surface area contributed by atoms with Crippen LogP contribution in [0, 0.1) is 0 Å². The van der Waals surface area contributed by atoms with E-state index in [0.717, 1.165) is 12.1 Å². The predicted molar refractivity (Wildman–Crippen MR) is 114 cm³/mol. The molecular formula is C19H12Cl4O5S. The number of phenols is 2. The molecule has 152 valence electrons. The van der Waals surface area contributed by atoms with Gasteiger partial charge in [-0.3, -0.25) is 4.55 Å². The first-order valence-corrected chi connectivity index (χ1v) is 10.8. The first-order valence-electron chi connectivity index (χ1n) is 7.89. The molecule has 3 rings (SSSR count). The highest BCUT2D eigenvalue weighted by Gasteiger charge is 2.50. The Morgan fingerprint density at radius 2 is 1.28 bits per heavy atom. The second-order valence-corrected chi connectivity index (χ2v) is 9.28. The largest absolute Gasteiger partial charge is 0.508 e. The summed E-state index contributed by atoms with van der Waals surface area (Å²) in [6.07, 6.45) is 0. The van der Waals surface area contributed by atoms with E-state index in [-0.39, 0.29) is 48.3 Å². The molecule has 3 aromatic carbocycles. The van der Waals surface area contributed by atoms with Crippen molar-refractivity contribution in [3.05, 3.63) is 91.4 Å². The molecule has 0 fully saturated rings. The van der Waals surface area contributed by atoms with Crippen molar-refractivity contribution in [1.29, 1.82) is 0 Å². The summed E-state index contributed by atoms with van der Waals surface area (Å²) in [6.45, 7) is 0. The number of hydrogen-bond donors (Lipinski definition) is 3. The van der Waals surface area contributed by atoms with E-state index in [0.29, 0.717) is 0 Å². The van der Waals surface area contributed by atoms with Gasteiger partial charge >= 0.3 is 0 Å². The molecular weight excluding hydrogens is 482 g/mol. The highest BCUT2D eigenvalue weighted by Crippen LogP contribution is 2.49. The molecule has 1 atom stereocenters. The lowest BCUT2D eigenvalue weighted by molar-refractivity contribution is 0.455. The number of benzene rings is 3. The topological polar surface area (TPSA) is 94.8 Å². The minimum absolute atomic E-state index is 0.0105. The second-order valence-electron chi connectivity index (χ2n) is 6.12. The lowest BCUT2D eigenvalue weighted by Crippen LogP contribution is -2.38. The van der Waals surface area contributed by atoms with E-state index < -0.39 is 14.9 Å². The van der Waals surface area contributed by atoms with E-state index in [4.69, 9.17) is 46.4 Å². The van der Waals surface area contributed by atoms with E-state index in [1.165, 1.54) is 42.5 Å². The van der Waals surface area contributed by atoms with E-state index in [1.54, 1.807) is 0 Å². The molecule has 0 aliphatic carbocycles. The Kier molecular flexibility index (Phi) is 5.98. The summed E-state index contributed by atoms with van der Waals surface area (Å²) < 4.78 is 34.0. The Balaban J connectivity index is 2.58. The summed E-state index contributed by atoms with van der Waals surface area (Å²) in [5.74, 6) is -0.506. The van der Waals surface area contributed by atoms with Gasteiger partial charge in [0.1, 0.15) is 11.5 Å². The van der Waals surface area contributed by atoms with Gasteiger partial charge in [-0.15, -0.1) is 0 Å². The number of halogens is 4. The lowest BCUT2D eigenvalue weighted by Gasteiger charge is -2.33. The van der Waals surface area contributed by atoms with Crippen LogP contribution in [0.15, 0.2) is 54.6 Å². The highest BCUT2D eigenvalue weighted by molar-refractivity contribution is 7.87. The summed E-state index contributed by atoms with van der Waals surface area (Å²) in [7, 11) is -5.02. The van der Waals surface area contributed by atoms with Crippen LogP contribution in [-0.4, -0.2) is 23.2 Å². The van der Waals surface area contributed by atoms with Gasteiger partial charge < -0.3 is 10.2 Å². The van der Waals surface area contributed by atoms with Crippen molar-refractivity contribution < 1.29 is 23.2 Å². The third-order valence-electron chi connectivity index (χ3n) is 4.38. The zero-order chi connectivity index (χ0) is 21.6. The van der Waals surface area contributed by atoms with E-state index >= 15 is 0 Å². The molecule has 0 amide bonds. The van der Waals surface area contributed by atoms with Gasteiger partial charge in [-0.1, -0.05) is 64.6 Å². The molecule has 10 heteroatoms. The van der Waals surface area contributed by atoms with Crippen LogP contribution in [0.5, 0.6) is 11.5 Å². The minimum Gasteiger partial charge on any atom is -0.508 e. The molecule has 5 nitrogen and oxygen atoms in total. The molecule has 0 spiro atoms. The molecule has 0 heterocycles. The molecule has 3 aromatic rings. The average Bonchev–Trinajstić information content (AvgIpc) is 2.62. The molecule has 0 saturated carbocycles. The van der Waals surface area contributed by atoms with Crippen LogP contribution in [0.1, 0.15) is 16.7 Å². The second kappa shape index (κ2) is 7.87. The highest BCUT2D eigenvalue weighted by atomic mass is 35.5. The smallest absolute Gasteiger partial charge is 0.283 e. The van der Waals surface area contributed by atoms with E-state index in [9.17, 15) is 23.2 Å². The zero-order valence-electron chi connectivity index (χ0n) is 14.3. The molecule has 29 heavy (non-hydrogen) atoms. The molecule has 0 aromatic heterocycles. The number of phenolic OH excluding ortho intramolecular Hbond substituents is 2. The van der Waals surface area contributed by atoms with Crippen LogP contribution in [0.2, 0.25) is 20.1 Å². The van der Waals surface area contributed by atoms with E-state index in [1.807, 2.05) is 0 Å². The molecule has 3 N–H and O–H groups in total. The van der Waals surface area contributed by atoms with Crippen LogP contribution in [0.4, 0.5) is 0 Å². The van der Waals surface area contributed by atoms with Crippen molar-refractivity contribution in [3.8, 4) is 11.5 Å². The Morgan fingerprint density at radius 3 is 1.83 bits per heavy atom. The van der Waals surface area contributed by atoms with Crippen LogP contribution in [-0.2, 0) is 14.9 Å². The minimum atomic E-state index is -5.02. The van der Waals surface area contributed by atoms with Gasteiger partial charge in [0.05, 0.1) is 20.1 Å². The maximum absolute atomic E-state index is 12.9. The average molecular weight is 494 g/mol. The molecule has 0 radical (unpaired) electrons. The fraction of sp³-hybridized carbons (Fsp3) is 0.0526. The summed E-state index contributed by atoms with van der Waals surface area (Å²) in [6, 6.07) is 11.3. The summed E-state index contributed by atoms with van der Waals surface area (Å²) in [5.41, 5.74) is -0.209. The van der Waals surface area contributed by atoms with Crippen LogP contribution in [0.3, 0.4) is 0 Å². The molecule has 0 aliphatic heterocycles. The van der Waals surface area contributed by atoms with Gasteiger partial charge in [0.25, 0.3) is 10.1 Å². The van der Waals surface area contributed by atoms with Crippen molar-refractivity contribution in [2.24, 2.45) is 0 Å². The van der Waals surface area contributed by atoms with Crippen molar-refractivity contribution >= 4 is 56.5 Å². The Labute approximate surface area is 186 Å². The normalized spacial score (nSPS) is 13.8. The van der Waals surface area contributed by atoms with Crippen LogP contribution >= 0.6 is 46.4 Å². The fourth-order valence-electron chi connectivity index (χ4n) is 3.16. The van der Waals surface area contributed by atoms with Crippen molar-refractivity contribution in [2.45, 2.75) is 4.75 Å². The third-order valence-corrected chi connectivity index (χ3v) is 7.39. The van der Waals surface area contributed by atoms with E-state index in [2.05, 4.69) is 0 Å². The first-order chi connectivity index (χ1) is 13.5. The van der Waals surface area contributed by atoms with Crippen molar-refractivity contribution in [3.63, 3.8) is 0 Å². The number of hydrogen-bond acceptors (Lipinski definition) is 4. The van der Waals surface area contributed by atoms with Crippen molar-refractivity contribution in [2.75, 3.05) is 0 Å². The standard InChI is InChI=1S/C19H12Cl4O5S/c20-15-6-3-11(7-16(15)21)19(29(26,27)28,10-1-4-12(24)5-2-10)14-8-13(25)9-17(22)18(14)23/h1-9,24-25H,(H,26,27,28). The third kappa shape index (κ3) is 3.77. The van der Waals surface area contributed by atoms with Gasteiger partial charge in [-0.2, -0.15) is 8.42 Å². The molecule has 0 saturated heterocycles. The van der Waals surface area contributed by atoms with Crippen LogP contribution < -0.4 is 0 Å². The van der Waals surface area contributed by atoms with Crippen LogP contribution in [0.25, 0.3) is 0 Å². The fourth-order valence-corrected chi connectivity index (χ4v) is 5.27. The lowest BCUT2D eigenvalue weighted by atomic mass is 9.83. The van der Waals surface area contributed by atoms with Gasteiger partial charge in [0, 0.05) is 11.6 Å². The Hall–Kier alpha value is -1.67. The van der Waals surface area contributed by atoms with Gasteiger partial charge in [0.2, 0.25) is 0 Å². The summed E-state index contributed by atoms with van der Waals surface area (Å²) in [5, 5.41) is 19.6. The summed E-state index contributed by atoms with van der Waals surface area (Å²) in [4.78, 5) is 0. The predicted octanol–water partition coefficient (Wildman–Crippen LogP) is 5.89. The van der Waals surface area contributed by atoms with Gasteiger partial charge in [0.15, 0.2) is 4.75 Å². The monoisotopic (exact) mass is 492 g/mol. The maximum Gasteiger partial charge on any atom is 0.283 e. The number of aromatic hydroxyl groups is 2. The maximum atomic E-state index is 12.9. The SMILES string of the molecule is O=S(=O)(O)C(c1ccc(O)cc1)(c1ccc(Cl)c(Cl)c1)c1cc(O)cc(Cl)c1Cl. The zero-order valence-corrected chi connectivity index (χ0v) is 18.1. The summed E-state index contributed by atoms with van der Waals surface area (Å²) >= 11 is 24.5.